The van der Waals surface area contributed by atoms with E-state index in [-0.39, 0.29) is 17.9 Å². The Morgan fingerprint density at radius 2 is 1.79 bits per heavy atom. The van der Waals surface area contributed by atoms with E-state index in [9.17, 15) is 14.9 Å². The summed E-state index contributed by atoms with van der Waals surface area (Å²) in [5, 5.41) is 13.4. The van der Waals surface area contributed by atoms with E-state index in [1.54, 1.807) is 11.3 Å². The van der Waals surface area contributed by atoms with Crippen LogP contribution in [0.2, 0.25) is 0 Å². The van der Waals surface area contributed by atoms with Crippen molar-refractivity contribution >= 4 is 28.2 Å². The zero-order valence-electron chi connectivity index (χ0n) is 17.8. The fraction of sp³-hybridized carbons (Fsp3) is 0.682. The van der Waals surface area contributed by atoms with Gasteiger partial charge in [0.15, 0.2) is 0 Å². The first-order valence-electron chi connectivity index (χ1n) is 10.8. The minimum Gasteiger partial charge on any atom is -0.340 e. The van der Waals surface area contributed by atoms with Gasteiger partial charge in [-0.3, -0.25) is 14.5 Å². The lowest BCUT2D eigenvalue weighted by atomic mass is 10.1. The number of aryl methyl sites for hydroxylation is 1. The summed E-state index contributed by atoms with van der Waals surface area (Å²) in [6, 6.07) is 2.04. The first-order chi connectivity index (χ1) is 13.9. The topological polar surface area (TPSA) is 76.4 Å². The van der Waals surface area contributed by atoms with Gasteiger partial charge in [0.2, 0.25) is 11.8 Å². The molecular formula is C22H32N4O2S. The molecule has 1 unspecified atom stereocenters. The summed E-state index contributed by atoms with van der Waals surface area (Å²) in [7, 11) is 0. The Hall–Kier alpha value is -1.91. The third-order valence-corrected chi connectivity index (χ3v) is 7.15. The van der Waals surface area contributed by atoms with Gasteiger partial charge in [-0.15, -0.1) is 11.3 Å². The van der Waals surface area contributed by atoms with Gasteiger partial charge in [-0.2, -0.15) is 5.26 Å². The Bertz CT molecular complexity index is 787. The van der Waals surface area contributed by atoms with Gasteiger partial charge < -0.3 is 10.2 Å². The van der Waals surface area contributed by atoms with Crippen LogP contribution in [-0.4, -0.2) is 53.8 Å². The first-order valence-corrected chi connectivity index (χ1v) is 11.6. The molecule has 1 aromatic heterocycles. The number of hydrogen-bond acceptors (Lipinski definition) is 5. The summed E-state index contributed by atoms with van der Waals surface area (Å²) in [5.74, 6) is 0.496. The second-order valence-corrected chi connectivity index (χ2v) is 9.67. The summed E-state index contributed by atoms with van der Waals surface area (Å²) < 4.78 is 0. The quantitative estimate of drug-likeness (QED) is 0.747. The summed E-state index contributed by atoms with van der Waals surface area (Å²) in [6.45, 7) is 8.75. The number of nitriles is 1. The van der Waals surface area contributed by atoms with Crippen molar-refractivity contribution in [3.05, 3.63) is 16.0 Å². The molecule has 0 radical (unpaired) electrons. The normalized spacial score (nSPS) is 18.7. The number of carbonyl (C=O) groups is 2. The summed E-state index contributed by atoms with van der Waals surface area (Å²) >= 11 is 1.58. The lowest BCUT2D eigenvalue weighted by Crippen LogP contribution is -2.54. The highest BCUT2D eigenvalue weighted by Crippen LogP contribution is 2.37. The smallest absolute Gasteiger partial charge is 0.242 e. The van der Waals surface area contributed by atoms with Crippen LogP contribution < -0.4 is 5.32 Å². The molecule has 0 saturated carbocycles. The molecule has 1 saturated heterocycles. The predicted octanol–water partition coefficient (Wildman–Crippen LogP) is 3.41. The van der Waals surface area contributed by atoms with E-state index in [0.717, 1.165) is 31.2 Å². The molecule has 0 aromatic carbocycles. The number of fused-ring (bicyclic) bond motifs is 1. The number of anilines is 1. The van der Waals surface area contributed by atoms with Gasteiger partial charge in [-0.05, 0) is 44.1 Å². The third-order valence-electron chi connectivity index (χ3n) is 5.95. The van der Waals surface area contributed by atoms with Crippen molar-refractivity contribution in [2.24, 2.45) is 5.92 Å². The molecule has 6 nitrogen and oxygen atoms in total. The fourth-order valence-corrected chi connectivity index (χ4v) is 5.41. The van der Waals surface area contributed by atoms with Crippen LogP contribution in [0.4, 0.5) is 5.00 Å². The second kappa shape index (κ2) is 9.73. The summed E-state index contributed by atoms with van der Waals surface area (Å²) in [5.41, 5.74) is 1.81. The predicted molar refractivity (Wildman–Crippen MR) is 116 cm³/mol. The molecule has 1 aliphatic heterocycles. The van der Waals surface area contributed by atoms with Crippen LogP contribution in [0.1, 0.15) is 62.5 Å². The summed E-state index contributed by atoms with van der Waals surface area (Å²) in [6.07, 6.45) is 6.00. The Balaban J connectivity index is 1.59. The third kappa shape index (κ3) is 5.18. The van der Waals surface area contributed by atoms with Crippen molar-refractivity contribution in [3.63, 3.8) is 0 Å². The minimum atomic E-state index is -0.286. The van der Waals surface area contributed by atoms with E-state index in [1.165, 1.54) is 11.3 Å². The van der Waals surface area contributed by atoms with Crippen molar-refractivity contribution in [2.75, 3.05) is 31.5 Å². The fourth-order valence-electron chi connectivity index (χ4n) is 4.17. The Labute approximate surface area is 177 Å². The van der Waals surface area contributed by atoms with Crippen molar-refractivity contribution < 1.29 is 9.59 Å². The number of rotatable bonds is 5. The van der Waals surface area contributed by atoms with Crippen molar-refractivity contribution in [1.82, 2.24) is 9.80 Å². The van der Waals surface area contributed by atoms with Crippen LogP contribution in [-0.2, 0) is 22.4 Å². The number of carbonyl (C=O) groups excluding carboxylic acids is 2. The van der Waals surface area contributed by atoms with Crippen LogP contribution in [0.15, 0.2) is 0 Å². The van der Waals surface area contributed by atoms with Crippen LogP contribution in [0.5, 0.6) is 0 Å². The molecule has 1 aromatic rings. The van der Waals surface area contributed by atoms with Gasteiger partial charge in [0, 0.05) is 37.5 Å². The average molecular weight is 417 g/mol. The van der Waals surface area contributed by atoms with Gasteiger partial charge in [-0.25, -0.2) is 0 Å². The highest BCUT2D eigenvalue weighted by molar-refractivity contribution is 7.16. The Kier molecular flexibility index (Phi) is 7.31. The van der Waals surface area contributed by atoms with E-state index in [1.807, 2.05) is 11.8 Å². The highest BCUT2D eigenvalue weighted by Gasteiger charge is 2.29. The molecule has 29 heavy (non-hydrogen) atoms. The van der Waals surface area contributed by atoms with Gasteiger partial charge in [0.25, 0.3) is 0 Å². The van der Waals surface area contributed by atoms with Crippen molar-refractivity contribution in [1.29, 1.82) is 5.26 Å². The van der Waals surface area contributed by atoms with Gasteiger partial charge in [0.1, 0.15) is 11.1 Å². The lowest BCUT2D eigenvalue weighted by Gasteiger charge is -2.37. The van der Waals surface area contributed by atoms with E-state index < -0.39 is 0 Å². The monoisotopic (exact) mass is 416 g/mol. The van der Waals surface area contributed by atoms with Crippen molar-refractivity contribution in [2.45, 2.75) is 65.3 Å². The number of nitrogens with one attached hydrogen (secondary N) is 1. The molecule has 0 spiro atoms. The standard InChI is InChI=1S/C22H32N4O2S/c1-15(2)13-20(27)26-11-9-25(10-12-26)16(3)21(28)24-22-18(14-23)17-7-5-4-6-8-19(17)29-22/h15-16H,4-13H2,1-3H3,(H,24,28). The van der Waals surface area contributed by atoms with E-state index in [4.69, 9.17) is 0 Å². The molecule has 1 fully saturated rings. The maximum absolute atomic E-state index is 12.9. The SMILES string of the molecule is CC(C)CC(=O)N1CCN(C(C)C(=O)Nc2sc3c(c2C#N)CCCCC3)CC1. The second-order valence-electron chi connectivity index (χ2n) is 8.56. The average Bonchev–Trinajstić information content (AvgIpc) is 2.85. The number of amides is 2. The molecule has 2 aliphatic rings. The maximum Gasteiger partial charge on any atom is 0.242 e. The minimum absolute atomic E-state index is 0.0696. The number of thiophene rings is 1. The lowest BCUT2D eigenvalue weighted by molar-refractivity contribution is -0.134. The van der Waals surface area contributed by atoms with Gasteiger partial charge in [-0.1, -0.05) is 20.3 Å². The van der Waals surface area contributed by atoms with Gasteiger partial charge in [0.05, 0.1) is 11.6 Å². The molecule has 2 heterocycles. The van der Waals surface area contributed by atoms with Crippen LogP contribution in [0.25, 0.3) is 0 Å². The molecule has 0 bridgehead atoms. The molecule has 1 N–H and O–H groups in total. The number of piperazine rings is 1. The first kappa shape index (κ1) is 21.8. The largest absolute Gasteiger partial charge is 0.340 e. The highest BCUT2D eigenvalue weighted by atomic mass is 32.1. The molecule has 3 rings (SSSR count). The number of nitrogens with zero attached hydrogens (tertiary/aromatic N) is 3. The van der Waals surface area contributed by atoms with Crippen LogP contribution in [0, 0.1) is 17.2 Å². The van der Waals surface area contributed by atoms with Crippen molar-refractivity contribution in [3.8, 4) is 6.07 Å². The van der Waals surface area contributed by atoms with Crippen LogP contribution >= 0.6 is 11.3 Å². The van der Waals surface area contributed by atoms with Gasteiger partial charge >= 0.3 is 0 Å². The molecule has 2 amide bonds. The zero-order chi connectivity index (χ0) is 21.0. The zero-order valence-corrected chi connectivity index (χ0v) is 18.6. The Morgan fingerprint density at radius 3 is 2.45 bits per heavy atom. The van der Waals surface area contributed by atoms with E-state index in [0.29, 0.717) is 49.1 Å². The molecule has 1 aliphatic carbocycles. The Morgan fingerprint density at radius 1 is 1.10 bits per heavy atom. The molecule has 158 valence electrons. The number of hydrogen-bond donors (Lipinski definition) is 1. The molecule has 7 heteroatoms. The summed E-state index contributed by atoms with van der Waals surface area (Å²) in [4.78, 5) is 30.4. The maximum atomic E-state index is 12.9. The molecular weight excluding hydrogens is 384 g/mol. The van der Waals surface area contributed by atoms with E-state index in [2.05, 4.69) is 30.1 Å². The van der Waals surface area contributed by atoms with Crippen LogP contribution in [0.3, 0.4) is 0 Å². The molecule has 1 atom stereocenters. The van der Waals surface area contributed by atoms with E-state index >= 15 is 0 Å².